The molecular formula is C18H19BO2. The van der Waals surface area contributed by atoms with E-state index in [0.29, 0.717) is 11.0 Å². The molecule has 3 heteroatoms. The first-order valence-electron chi connectivity index (χ1n) is 6.95. The highest BCUT2D eigenvalue weighted by Crippen LogP contribution is 2.21. The summed E-state index contributed by atoms with van der Waals surface area (Å²) in [6.07, 6.45) is 0. The first-order valence-corrected chi connectivity index (χ1v) is 6.95. The van der Waals surface area contributed by atoms with Crippen LogP contribution in [0.3, 0.4) is 0 Å². The Morgan fingerprint density at radius 3 is 2.05 bits per heavy atom. The van der Waals surface area contributed by atoms with Crippen LogP contribution in [-0.4, -0.2) is 17.2 Å². The molecule has 0 bridgehead atoms. The van der Waals surface area contributed by atoms with E-state index >= 15 is 0 Å². The lowest BCUT2D eigenvalue weighted by molar-refractivity contribution is 0.425. The molecule has 0 aliphatic rings. The van der Waals surface area contributed by atoms with Gasteiger partial charge in [-0.25, -0.2) is 0 Å². The molecule has 106 valence electrons. The Bertz CT molecular complexity index is 671. The van der Waals surface area contributed by atoms with Crippen molar-refractivity contribution in [3.63, 3.8) is 0 Å². The van der Waals surface area contributed by atoms with E-state index in [9.17, 15) is 10.0 Å². The fraction of sp³-hybridized carbons (Fsp3) is 0.222. The van der Waals surface area contributed by atoms with Crippen molar-refractivity contribution in [2.45, 2.75) is 26.2 Å². The van der Waals surface area contributed by atoms with Gasteiger partial charge in [-0.3, -0.25) is 0 Å². The average Bonchev–Trinajstić information content (AvgIpc) is 2.45. The molecule has 0 atom stereocenters. The van der Waals surface area contributed by atoms with Gasteiger partial charge in [0.2, 0.25) is 0 Å². The maximum Gasteiger partial charge on any atom is 0.489 e. The van der Waals surface area contributed by atoms with Crippen LogP contribution < -0.4 is 5.46 Å². The van der Waals surface area contributed by atoms with Gasteiger partial charge in [0.05, 0.1) is 0 Å². The largest absolute Gasteiger partial charge is 0.489 e. The average molecular weight is 278 g/mol. The van der Waals surface area contributed by atoms with E-state index < -0.39 is 7.12 Å². The molecule has 2 aromatic carbocycles. The summed E-state index contributed by atoms with van der Waals surface area (Å²) in [6.45, 7) is 6.52. The molecule has 0 aliphatic heterocycles. The van der Waals surface area contributed by atoms with Gasteiger partial charge >= 0.3 is 7.12 Å². The zero-order valence-corrected chi connectivity index (χ0v) is 12.6. The first kappa shape index (κ1) is 15.4. The minimum absolute atomic E-state index is 0.125. The van der Waals surface area contributed by atoms with Crippen LogP contribution in [0.4, 0.5) is 0 Å². The molecule has 2 nitrogen and oxygen atoms in total. The Hall–Kier alpha value is -2.02. The number of hydrogen-bond acceptors (Lipinski definition) is 2. The van der Waals surface area contributed by atoms with Crippen LogP contribution >= 0.6 is 0 Å². The van der Waals surface area contributed by atoms with Crippen LogP contribution in [0.2, 0.25) is 0 Å². The maximum atomic E-state index is 9.32. The fourth-order valence-corrected chi connectivity index (χ4v) is 2.03. The third-order valence-electron chi connectivity index (χ3n) is 3.33. The molecule has 0 aliphatic carbocycles. The molecule has 0 unspecified atom stereocenters. The molecule has 21 heavy (non-hydrogen) atoms. The molecular weight excluding hydrogens is 259 g/mol. The van der Waals surface area contributed by atoms with Crippen molar-refractivity contribution in [1.82, 2.24) is 0 Å². The molecule has 2 aromatic rings. The van der Waals surface area contributed by atoms with E-state index in [1.807, 2.05) is 18.2 Å². The minimum atomic E-state index is -1.50. The molecule has 0 saturated carbocycles. The molecule has 0 radical (unpaired) electrons. The van der Waals surface area contributed by atoms with Crippen LogP contribution in [0.5, 0.6) is 0 Å². The molecule has 2 N–H and O–H groups in total. The maximum absolute atomic E-state index is 9.32. The van der Waals surface area contributed by atoms with E-state index in [0.717, 1.165) is 5.56 Å². The monoisotopic (exact) mass is 278 g/mol. The van der Waals surface area contributed by atoms with Gasteiger partial charge in [0.1, 0.15) is 0 Å². The van der Waals surface area contributed by atoms with Crippen molar-refractivity contribution < 1.29 is 10.0 Å². The standard InChI is InChI=1S/C18H19BO2/c1-18(2,3)16-12-9-14(10-13-16)8-11-15-6-4-5-7-17(15)19(20)21/h4-7,9-10,12-13,20-21H,1-3H3. The van der Waals surface area contributed by atoms with Crippen molar-refractivity contribution in [1.29, 1.82) is 0 Å². The molecule has 0 heterocycles. The lowest BCUT2D eigenvalue weighted by atomic mass is 9.77. The summed E-state index contributed by atoms with van der Waals surface area (Å²) >= 11 is 0. The zero-order valence-electron chi connectivity index (χ0n) is 12.6. The lowest BCUT2D eigenvalue weighted by Gasteiger charge is -2.18. The normalized spacial score (nSPS) is 10.7. The summed E-state index contributed by atoms with van der Waals surface area (Å²) in [7, 11) is -1.50. The molecule has 0 saturated heterocycles. The summed E-state index contributed by atoms with van der Waals surface area (Å²) in [4.78, 5) is 0. The van der Waals surface area contributed by atoms with Gasteiger partial charge in [0, 0.05) is 11.1 Å². The second kappa shape index (κ2) is 6.18. The molecule has 0 aromatic heterocycles. The molecule has 2 rings (SSSR count). The van der Waals surface area contributed by atoms with Crippen molar-refractivity contribution in [3.8, 4) is 11.8 Å². The Balaban J connectivity index is 2.28. The van der Waals surface area contributed by atoms with Crippen molar-refractivity contribution in [2.75, 3.05) is 0 Å². The minimum Gasteiger partial charge on any atom is -0.423 e. The van der Waals surface area contributed by atoms with Crippen LogP contribution in [0.1, 0.15) is 37.5 Å². The quantitative estimate of drug-likeness (QED) is 0.619. The second-order valence-electron chi connectivity index (χ2n) is 6.04. The lowest BCUT2D eigenvalue weighted by Crippen LogP contribution is -2.32. The van der Waals surface area contributed by atoms with E-state index in [1.54, 1.807) is 18.2 Å². The molecule has 0 fully saturated rings. The van der Waals surface area contributed by atoms with Crippen LogP contribution in [-0.2, 0) is 5.41 Å². The summed E-state index contributed by atoms with van der Waals surface area (Å²) in [6, 6.07) is 15.2. The summed E-state index contributed by atoms with van der Waals surface area (Å²) < 4.78 is 0. The van der Waals surface area contributed by atoms with Gasteiger partial charge < -0.3 is 10.0 Å². The number of benzene rings is 2. The van der Waals surface area contributed by atoms with Gasteiger partial charge in [-0.05, 0) is 34.6 Å². The van der Waals surface area contributed by atoms with E-state index in [2.05, 4.69) is 44.7 Å². The van der Waals surface area contributed by atoms with Crippen LogP contribution in [0, 0.1) is 11.8 Å². The van der Waals surface area contributed by atoms with Crippen molar-refractivity contribution >= 4 is 12.6 Å². The van der Waals surface area contributed by atoms with E-state index in [-0.39, 0.29) is 5.41 Å². The van der Waals surface area contributed by atoms with Crippen LogP contribution in [0.25, 0.3) is 0 Å². The smallest absolute Gasteiger partial charge is 0.423 e. The molecule has 0 spiro atoms. The van der Waals surface area contributed by atoms with Gasteiger partial charge in [0.15, 0.2) is 0 Å². The summed E-state index contributed by atoms with van der Waals surface area (Å²) in [5.41, 5.74) is 3.35. The van der Waals surface area contributed by atoms with Crippen LogP contribution in [0.15, 0.2) is 48.5 Å². The summed E-state index contributed by atoms with van der Waals surface area (Å²) in [5.74, 6) is 6.06. The van der Waals surface area contributed by atoms with E-state index in [1.165, 1.54) is 5.56 Å². The Labute approximate surface area is 126 Å². The Morgan fingerprint density at radius 2 is 1.48 bits per heavy atom. The van der Waals surface area contributed by atoms with Gasteiger partial charge in [-0.2, -0.15) is 0 Å². The highest BCUT2D eigenvalue weighted by molar-refractivity contribution is 6.59. The second-order valence-corrected chi connectivity index (χ2v) is 6.04. The topological polar surface area (TPSA) is 40.5 Å². The number of hydrogen-bond donors (Lipinski definition) is 2. The number of rotatable bonds is 1. The Morgan fingerprint density at radius 1 is 0.857 bits per heavy atom. The Kier molecular flexibility index (Phi) is 4.52. The summed E-state index contributed by atoms with van der Waals surface area (Å²) in [5, 5.41) is 18.6. The highest BCUT2D eigenvalue weighted by atomic mass is 16.4. The molecule has 0 amide bonds. The fourth-order valence-electron chi connectivity index (χ4n) is 2.03. The SMILES string of the molecule is CC(C)(C)c1ccc(C#Cc2ccccc2B(O)O)cc1. The van der Waals surface area contributed by atoms with Gasteiger partial charge in [0.25, 0.3) is 0 Å². The predicted octanol–water partition coefficient (Wildman–Crippen LogP) is 2.06. The van der Waals surface area contributed by atoms with Gasteiger partial charge in [-0.1, -0.05) is 62.9 Å². The zero-order chi connectivity index (χ0) is 15.5. The van der Waals surface area contributed by atoms with E-state index in [4.69, 9.17) is 0 Å². The predicted molar refractivity (Wildman–Crippen MR) is 87.4 cm³/mol. The van der Waals surface area contributed by atoms with Gasteiger partial charge in [-0.15, -0.1) is 0 Å². The third kappa shape index (κ3) is 3.98. The van der Waals surface area contributed by atoms with Crippen molar-refractivity contribution in [2.24, 2.45) is 0 Å². The first-order chi connectivity index (χ1) is 9.88. The van der Waals surface area contributed by atoms with Crippen molar-refractivity contribution in [3.05, 3.63) is 65.2 Å². The third-order valence-corrected chi connectivity index (χ3v) is 3.33. The highest BCUT2D eigenvalue weighted by Gasteiger charge is 2.14.